The molecule has 1 aromatic rings. The Morgan fingerprint density at radius 1 is 1.50 bits per heavy atom. The summed E-state index contributed by atoms with van der Waals surface area (Å²) in [7, 11) is 3.48. The number of ether oxygens (including phenoxy) is 2. The first-order chi connectivity index (χ1) is 6.74. The van der Waals surface area contributed by atoms with Gasteiger partial charge in [-0.05, 0) is 6.07 Å². The summed E-state index contributed by atoms with van der Waals surface area (Å²) in [4.78, 5) is 11.4. The highest BCUT2D eigenvalue weighted by molar-refractivity contribution is 5.96. The molecule has 1 rings (SSSR count). The fourth-order valence-corrected chi connectivity index (χ4v) is 1.06. The van der Waals surface area contributed by atoms with Gasteiger partial charge >= 0.3 is 0 Å². The molecule has 0 aromatic carbocycles. The molecule has 0 bridgehead atoms. The van der Waals surface area contributed by atoms with Gasteiger partial charge in [-0.15, -0.1) is 0 Å². The molecule has 1 heterocycles. The standard InChI is InChI=1S/C10H15NO3/c1-11-4-3-9(7-11)10(12)8-14-6-5-13-2/h3-4,7H,5-6,8H2,1-2H3. The van der Waals surface area contributed by atoms with Gasteiger partial charge in [0, 0.05) is 32.1 Å². The van der Waals surface area contributed by atoms with E-state index < -0.39 is 0 Å². The Morgan fingerprint density at radius 2 is 2.29 bits per heavy atom. The quantitative estimate of drug-likeness (QED) is 0.502. The highest BCUT2D eigenvalue weighted by atomic mass is 16.5. The fraction of sp³-hybridized carbons (Fsp3) is 0.500. The predicted octanol–water partition coefficient (Wildman–Crippen LogP) is 0.871. The summed E-state index contributed by atoms with van der Waals surface area (Å²) < 4.78 is 11.7. The van der Waals surface area contributed by atoms with Crippen molar-refractivity contribution < 1.29 is 14.3 Å². The smallest absolute Gasteiger partial charge is 0.189 e. The summed E-state index contributed by atoms with van der Waals surface area (Å²) in [6.45, 7) is 1.09. The SMILES string of the molecule is COCCOCC(=O)c1ccn(C)c1. The number of ketones is 1. The van der Waals surface area contributed by atoms with Gasteiger partial charge in [0.2, 0.25) is 0 Å². The number of nitrogens with zero attached hydrogens (tertiary/aromatic N) is 1. The molecular weight excluding hydrogens is 182 g/mol. The van der Waals surface area contributed by atoms with Crippen molar-refractivity contribution in [2.75, 3.05) is 26.9 Å². The van der Waals surface area contributed by atoms with Crippen LogP contribution >= 0.6 is 0 Å². The Balaban J connectivity index is 2.29. The minimum absolute atomic E-state index is 0.00158. The van der Waals surface area contributed by atoms with E-state index in [9.17, 15) is 4.79 Å². The minimum Gasteiger partial charge on any atom is -0.382 e. The second-order valence-corrected chi connectivity index (χ2v) is 3.03. The van der Waals surface area contributed by atoms with Crippen LogP contribution in [0.3, 0.4) is 0 Å². The third kappa shape index (κ3) is 3.32. The molecule has 0 radical (unpaired) electrons. The number of hydrogen-bond donors (Lipinski definition) is 0. The van der Waals surface area contributed by atoms with Crippen molar-refractivity contribution >= 4 is 5.78 Å². The van der Waals surface area contributed by atoms with Crippen LogP contribution in [0.2, 0.25) is 0 Å². The van der Waals surface area contributed by atoms with E-state index in [1.165, 1.54) is 0 Å². The normalized spacial score (nSPS) is 10.4. The second-order valence-electron chi connectivity index (χ2n) is 3.03. The molecule has 4 nitrogen and oxygen atoms in total. The van der Waals surface area contributed by atoms with Crippen molar-refractivity contribution in [2.24, 2.45) is 7.05 Å². The van der Waals surface area contributed by atoms with Gasteiger partial charge in [0.25, 0.3) is 0 Å². The Hall–Kier alpha value is -1.13. The maximum atomic E-state index is 11.4. The first-order valence-electron chi connectivity index (χ1n) is 4.46. The van der Waals surface area contributed by atoms with Crippen LogP contribution in [0, 0.1) is 0 Å². The molecule has 1 aromatic heterocycles. The average molecular weight is 197 g/mol. The minimum atomic E-state index is 0.00158. The molecule has 0 aliphatic heterocycles. The highest BCUT2D eigenvalue weighted by Crippen LogP contribution is 2.00. The second kappa shape index (κ2) is 5.57. The first-order valence-corrected chi connectivity index (χ1v) is 4.46. The van der Waals surface area contributed by atoms with Crippen LogP contribution in [0.4, 0.5) is 0 Å². The molecule has 78 valence electrons. The molecule has 0 saturated carbocycles. The van der Waals surface area contributed by atoms with Gasteiger partial charge in [0.05, 0.1) is 13.2 Å². The van der Waals surface area contributed by atoms with E-state index in [0.717, 1.165) is 0 Å². The zero-order valence-corrected chi connectivity index (χ0v) is 8.53. The Morgan fingerprint density at radius 3 is 2.86 bits per heavy atom. The van der Waals surface area contributed by atoms with Gasteiger partial charge in [-0.25, -0.2) is 0 Å². The maximum Gasteiger partial charge on any atom is 0.189 e. The first kappa shape index (κ1) is 10.9. The van der Waals surface area contributed by atoms with Crippen molar-refractivity contribution in [1.29, 1.82) is 0 Å². The summed E-state index contributed by atoms with van der Waals surface area (Å²) in [5.74, 6) is 0.00158. The Labute approximate surface area is 83.4 Å². The highest BCUT2D eigenvalue weighted by Gasteiger charge is 2.06. The van der Waals surface area contributed by atoms with Gasteiger partial charge in [0.1, 0.15) is 6.61 Å². The summed E-state index contributed by atoms with van der Waals surface area (Å²) >= 11 is 0. The summed E-state index contributed by atoms with van der Waals surface area (Å²) in [5, 5.41) is 0. The largest absolute Gasteiger partial charge is 0.382 e. The van der Waals surface area contributed by atoms with Crippen molar-refractivity contribution in [3.63, 3.8) is 0 Å². The summed E-state index contributed by atoms with van der Waals surface area (Å²) in [5.41, 5.74) is 0.685. The van der Waals surface area contributed by atoms with Crippen LogP contribution in [-0.2, 0) is 16.5 Å². The number of aromatic nitrogens is 1. The van der Waals surface area contributed by atoms with E-state index in [2.05, 4.69) is 0 Å². The van der Waals surface area contributed by atoms with Crippen LogP contribution in [0.15, 0.2) is 18.5 Å². The molecule has 0 amide bonds. The average Bonchev–Trinajstić information content (AvgIpc) is 2.59. The van der Waals surface area contributed by atoms with E-state index in [4.69, 9.17) is 9.47 Å². The number of Topliss-reactive ketones (excluding diaryl/α,β-unsaturated/α-hetero) is 1. The number of hydrogen-bond acceptors (Lipinski definition) is 3. The molecular formula is C10H15NO3. The predicted molar refractivity (Wildman–Crippen MR) is 52.4 cm³/mol. The molecule has 0 fully saturated rings. The van der Waals surface area contributed by atoms with E-state index in [1.807, 2.05) is 17.8 Å². The lowest BCUT2D eigenvalue weighted by atomic mass is 10.2. The molecule has 0 saturated heterocycles. The van der Waals surface area contributed by atoms with E-state index in [0.29, 0.717) is 18.8 Å². The monoisotopic (exact) mass is 197 g/mol. The van der Waals surface area contributed by atoms with E-state index in [-0.39, 0.29) is 12.4 Å². The fourth-order valence-electron chi connectivity index (χ4n) is 1.06. The van der Waals surface area contributed by atoms with E-state index in [1.54, 1.807) is 19.4 Å². The number of carbonyl (C=O) groups excluding carboxylic acids is 1. The lowest BCUT2D eigenvalue weighted by Gasteiger charge is -2.01. The number of methoxy groups -OCH3 is 1. The zero-order valence-electron chi connectivity index (χ0n) is 8.53. The lowest BCUT2D eigenvalue weighted by Crippen LogP contribution is -2.11. The van der Waals surface area contributed by atoms with Crippen molar-refractivity contribution in [2.45, 2.75) is 0 Å². The molecule has 0 spiro atoms. The number of rotatable bonds is 6. The molecule has 0 N–H and O–H groups in total. The van der Waals surface area contributed by atoms with Gasteiger partial charge in [0.15, 0.2) is 5.78 Å². The lowest BCUT2D eigenvalue weighted by molar-refractivity contribution is 0.0577. The molecule has 0 unspecified atom stereocenters. The molecule has 14 heavy (non-hydrogen) atoms. The molecule has 0 aliphatic rings. The van der Waals surface area contributed by atoms with Gasteiger partial charge in [-0.2, -0.15) is 0 Å². The maximum absolute atomic E-state index is 11.4. The third-order valence-corrected chi connectivity index (χ3v) is 1.82. The zero-order chi connectivity index (χ0) is 10.4. The third-order valence-electron chi connectivity index (χ3n) is 1.82. The van der Waals surface area contributed by atoms with Crippen LogP contribution in [0.5, 0.6) is 0 Å². The Bertz CT molecular complexity index is 293. The molecule has 0 atom stereocenters. The van der Waals surface area contributed by atoms with Crippen LogP contribution in [0.25, 0.3) is 0 Å². The van der Waals surface area contributed by atoms with Gasteiger partial charge in [-0.3, -0.25) is 4.79 Å². The van der Waals surface area contributed by atoms with Crippen LogP contribution in [0.1, 0.15) is 10.4 Å². The van der Waals surface area contributed by atoms with Crippen molar-refractivity contribution in [3.05, 3.63) is 24.0 Å². The van der Waals surface area contributed by atoms with E-state index >= 15 is 0 Å². The van der Waals surface area contributed by atoms with Crippen molar-refractivity contribution in [1.82, 2.24) is 4.57 Å². The molecule has 0 aliphatic carbocycles. The summed E-state index contributed by atoms with van der Waals surface area (Å²) in [6.07, 6.45) is 3.62. The van der Waals surface area contributed by atoms with Crippen molar-refractivity contribution in [3.8, 4) is 0 Å². The topological polar surface area (TPSA) is 40.5 Å². The molecule has 4 heteroatoms. The summed E-state index contributed by atoms with van der Waals surface area (Å²) in [6, 6.07) is 1.78. The van der Waals surface area contributed by atoms with Crippen LogP contribution in [-0.4, -0.2) is 37.3 Å². The Kier molecular flexibility index (Phi) is 4.35. The number of carbonyl (C=O) groups is 1. The number of aryl methyl sites for hydroxylation is 1. The van der Waals surface area contributed by atoms with Gasteiger partial charge in [-0.1, -0.05) is 0 Å². The van der Waals surface area contributed by atoms with Crippen LogP contribution < -0.4 is 0 Å². The van der Waals surface area contributed by atoms with Gasteiger partial charge < -0.3 is 14.0 Å².